The first-order chi connectivity index (χ1) is 13.4. The molecule has 2 N–H and O–H groups in total. The molecule has 0 aliphatic carbocycles. The third kappa shape index (κ3) is 11.2. The molecule has 0 aliphatic rings. The highest BCUT2D eigenvalue weighted by Crippen LogP contribution is 2.42. The average Bonchev–Trinajstić information content (AvgIpc) is 2.44. The van der Waals surface area contributed by atoms with Gasteiger partial charge in [-0.2, -0.15) is 0 Å². The maximum atomic E-state index is 9.43. The van der Waals surface area contributed by atoms with Crippen molar-refractivity contribution in [3.8, 4) is 5.75 Å². The summed E-state index contributed by atoms with van der Waals surface area (Å²) in [4.78, 5) is 18.9. The lowest BCUT2D eigenvalue weighted by molar-refractivity contribution is 0.372. The highest BCUT2D eigenvalue weighted by atomic mass is 35.6. The molecule has 0 radical (unpaired) electrons. The van der Waals surface area contributed by atoms with E-state index in [9.17, 15) is 9.79 Å². The van der Waals surface area contributed by atoms with E-state index in [1.165, 1.54) is 0 Å². The summed E-state index contributed by atoms with van der Waals surface area (Å²) in [6.45, 7) is 6.12. The maximum absolute atomic E-state index is 9.43. The highest BCUT2D eigenvalue weighted by molar-refractivity contribution is 7.39. The van der Waals surface area contributed by atoms with Crippen LogP contribution in [0.15, 0.2) is 12.1 Å². The van der Waals surface area contributed by atoms with Crippen molar-refractivity contribution in [2.75, 3.05) is 0 Å². The standard InChI is InChI=1S/C18H23Cl8O3P/c1-16(2,3)14-4-5-15(29-30(27)28)13(7-11(20)9-18(24,25)26)12(14)6-10(19)8-17(21,22)23/h4-5,10-11,27-28H,6-9H2,1-3H3. The van der Waals surface area contributed by atoms with E-state index >= 15 is 0 Å². The molecule has 0 heterocycles. The molecule has 0 fully saturated rings. The van der Waals surface area contributed by atoms with Crippen molar-refractivity contribution in [1.29, 1.82) is 0 Å². The summed E-state index contributed by atoms with van der Waals surface area (Å²) in [7, 11) is -2.65. The minimum absolute atomic E-state index is 0.0727. The summed E-state index contributed by atoms with van der Waals surface area (Å²) >= 11 is 48.4. The fourth-order valence-electron chi connectivity index (χ4n) is 3.09. The van der Waals surface area contributed by atoms with E-state index in [4.69, 9.17) is 97.3 Å². The molecule has 0 saturated carbocycles. The van der Waals surface area contributed by atoms with Crippen LogP contribution in [0.3, 0.4) is 0 Å². The van der Waals surface area contributed by atoms with Gasteiger partial charge in [0.15, 0.2) is 7.59 Å². The first-order valence-corrected chi connectivity index (χ1v) is 13.1. The van der Waals surface area contributed by atoms with Gasteiger partial charge in [0, 0.05) is 23.6 Å². The van der Waals surface area contributed by atoms with Gasteiger partial charge < -0.3 is 14.3 Å². The van der Waals surface area contributed by atoms with E-state index in [0.29, 0.717) is 12.0 Å². The average molecular weight is 602 g/mol. The first kappa shape index (κ1) is 29.7. The Morgan fingerprint density at radius 1 is 0.833 bits per heavy atom. The van der Waals surface area contributed by atoms with Crippen LogP contribution in [0.1, 0.15) is 50.3 Å². The van der Waals surface area contributed by atoms with Crippen LogP contribution in [-0.2, 0) is 18.3 Å². The van der Waals surface area contributed by atoms with Crippen molar-refractivity contribution >= 4 is 101 Å². The van der Waals surface area contributed by atoms with Crippen LogP contribution in [0.2, 0.25) is 0 Å². The molecular weight excluding hydrogens is 579 g/mol. The van der Waals surface area contributed by atoms with Gasteiger partial charge in [0.25, 0.3) is 0 Å². The van der Waals surface area contributed by atoms with Crippen LogP contribution < -0.4 is 4.52 Å². The summed E-state index contributed by atoms with van der Waals surface area (Å²) in [5.74, 6) is 0.266. The lowest BCUT2D eigenvalue weighted by Crippen LogP contribution is -2.22. The molecule has 0 bridgehead atoms. The smallest absolute Gasteiger partial charge is 0.391 e. The van der Waals surface area contributed by atoms with E-state index in [0.717, 1.165) is 11.1 Å². The quantitative estimate of drug-likeness (QED) is 0.232. The normalized spacial score (nSPS) is 15.4. The molecule has 0 spiro atoms. The molecule has 30 heavy (non-hydrogen) atoms. The zero-order valence-electron chi connectivity index (χ0n) is 16.4. The lowest BCUT2D eigenvalue weighted by Gasteiger charge is -2.29. The number of hydrogen-bond acceptors (Lipinski definition) is 3. The van der Waals surface area contributed by atoms with Crippen LogP contribution in [0.4, 0.5) is 0 Å². The molecule has 174 valence electrons. The van der Waals surface area contributed by atoms with Crippen molar-refractivity contribution < 1.29 is 14.3 Å². The van der Waals surface area contributed by atoms with Gasteiger partial charge in [-0.25, -0.2) is 0 Å². The van der Waals surface area contributed by atoms with Gasteiger partial charge in [-0.05, 0) is 41.0 Å². The van der Waals surface area contributed by atoms with E-state index in [-0.39, 0.29) is 30.4 Å². The van der Waals surface area contributed by atoms with E-state index in [1.807, 2.05) is 26.8 Å². The molecule has 0 aromatic heterocycles. The number of alkyl halides is 8. The third-order valence-corrected chi connectivity index (χ3v) is 6.04. The lowest BCUT2D eigenvalue weighted by atomic mass is 9.79. The van der Waals surface area contributed by atoms with Crippen LogP contribution >= 0.6 is 101 Å². The molecule has 0 saturated heterocycles. The van der Waals surface area contributed by atoms with Gasteiger partial charge in [-0.1, -0.05) is 96.4 Å². The Labute approximate surface area is 219 Å². The Bertz CT molecular complexity index is 698. The van der Waals surface area contributed by atoms with Gasteiger partial charge in [0.05, 0.1) is 0 Å². The van der Waals surface area contributed by atoms with Crippen LogP contribution in [0, 0.1) is 0 Å². The second-order valence-electron chi connectivity index (χ2n) is 7.90. The molecule has 0 aliphatic heterocycles. The summed E-state index contributed by atoms with van der Waals surface area (Å²) in [5, 5.41) is -1.08. The van der Waals surface area contributed by atoms with Gasteiger partial charge in [0.2, 0.25) is 0 Å². The first-order valence-electron chi connectivity index (χ1n) is 8.81. The molecule has 1 rings (SSSR count). The molecule has 2 atom stereocenters. The van der Waals surface area contributed by atoms with Crippen molar-refractivity contribution in [1.82, 2.24) is 0 Å². The molecule has 2 unspecified atom stereocenters. The Hall–Kier alpha value is 1.69. The minimum atomic E-state index is -2.65. The number of hydrogen-bond donors (Lipinski definition) is 2. The zero-order chi connectivity index (χ0) is 23.5. The van der Waals surface area contributed by atoms with Gasteiger partial charge in [-0.3, -0.25) is 0 Å². The molecule has 12 heteroatoms. The van der Waals surface area contributed by atoms with Crippen molar-refractivity contribution in [2.24, 2.45) is 0 Å². The SMILES string of the molecule is CC(C)(C)c1ccc(OP(O)O)c(CC(Cl)CC(Cl)(Cl)Cl)c1CC(Cl)CC(Cl)(Cl)Cl. The van der Waals surface area contributed by atoms with E-state index < -0.39 is 26.9 Å². The Kier molecular flexibility index (Phi) is 11.8. The fourth-order valence-corrected chi connectivity index (χ4v) is 5.80. The highest BCUT2D eigenvalue weighted by Gasteiger charge is 2.31. The maximum Gasteiger partial charge on any atom is 0.391 e. The third-order valence-electron chi connectivity index (χ3n) is 4.13. The molecule has 1 aromatic carbocycles. The summed E-state index contributed by atoms with van der Waals surface area (Å²) < 4.78 is 2.21. The van der Waals surface area contributed by atoms with Gasteiger partial charge >= 0.3 is 8.60 Å². The summed E-state index contributed by atoms with van der Waals surface area (Å²) in [5.41, 5.74) is 2.17. The van der Waals surface area contributed by atoms with E-state index in [2.05, 4.69) is 0 Å². The van der Waals surface area contributed by atoms with Crippen LogP contribution in [-0.4, -0.2) is 28.1 Å². The van der Waals surface area contributed by atoms with Crippen LogP contribution in [0.5, 0.6) is 5.75 Å². The van der Waals surface area contributed by atoms with Gasteiger partial charge in [0.1, 0.15) is 5.75 Å². The van der Waals surface area contributed by atoms with Crippen LogP contribution in [0.25, 0.3) is 0 Å². The van der Waals surface area contributed by atoms with Crippen molar-refractivity contribution in [3.05, 3.63) is 28.8 Å². The topological polar surface area (TPSA) is 49.7 Å². The van der Waals surface area contributed by atoms with Crippen molar-refractivity contribution in [3.63, 3.8) is 0 Å². The predicted octanol–water partition coefficient (Wildman–Crippen LogP) is 8.39. The number of rotatable bonds is 8. The number of benzene rings is 1. The van der Waals surface area contributed by atoms with Gasteiger partial charge in [-0.15, -0.1) is 23.2 Å². The van der Waals surface area contributed by atoms with Crippen molar-refractivity contribution in [2.45, 2.75) is 70.2 Å². The Morgan fingerprint density at radius 3 is 1.63 bits per heavy atom. The molecular formula is C18H23Cl8O3P. The summed E-state index contributed by atoms with van der Waals surface area (Å²) in [6, 6.07) is 3.52. The number of halogens is 8. The zero-order valence-corrected chi connectivity index (χ0v) is 23.4. The molecule has 0 amide bonds. The molecule has 3 nitrogen and oxygen atoms in total. The van der Waals surface area contributed by atoms with E-state index in [1.54, 1.807) is 6.07 Å². The fraction of sp³-hybridized carbons (Fsp3) is 0.667. The Balaban J connectivity index is 3.51. The largest absolute Gasteiger partial charge is 0.427 e. The molecule has 1 aromatic rings. The summed E-state index contributed by atoms with van der Waals surface area (Å²) in [6.07, 6.45) is 0.757. The Morgan fingerprint density at radius 2 is 1.27 bits per heavy atom. The monoisotopic (exact) mass is 598 g/mol. The predicted molar refractivity (Wildman–Crippen MR) is 134 cm³/mol. The second kappa shape index (κ2) is 11.9. The minimum Gasteiger partial charge on any atom is -0.427 e. The second-order valence-corrected chi connectivity index (χ2v) is 14.9.